The standard InChI is InChI=1S/C23H24F2N6O3/c24-20-6-5-16(9-21(20)25)23(33)26-11-18-13-31(29-27-18)19(10-22(32)28-34)14-30-8-7-15-3-1-2-4-17(15)12-30/h1-6,9,13,19,34H,7-8,10-12,14H2,(H,26,33)(H,28,32)/t19-/m0/s1. The van der Waals surface area contributed by atoms with Crippen LogP contribution in [-0.2, 0) is 24.3 Å². The highest BCUT2D eigenvalue weighted by molar-refractivity contribution is 5.94. The average Bonchev–Trinajstić information content (AvgIpc) is 3.32. The fourth-order valence-electron chi connectivity index (χ4n) is 3.99. The molecular formula is C23H24F2N6O3. The highest BCUT2D eigenvalue weighted by Crippen LogP contribution is 2.22. The van der Waals surface area contributed by atoms with Crippen LogP contribution in [0.4, 0.5) is 8.78 Å². The molecule has 1 aliphatic heterocycles. The van der Waals surface area contributed by atoms with E-state index in [1.54, 1.807) is 11.7 Å². The molecule has 11 heteroatoms. The van der Waals surface area contributed by atoms with Crippen LogP contribution in [0.3, 0.4) is 0 Å². The molecule has 0 bridgehead atoms. The maximum atomic E-state index is 13.4. The van der Waals surface area contributed by atoms with E-state index in [1.807, 2.05) is 12.1 Å². The van der Waals surface area contributed by atoms with Gasteiger partial charge in [0.05, 0.1) is 25.2 Å². The number of fused-ring (bicyclic) bond motifs is 1. The van der Waals surface area contributed by atoms with Gasteiger partial charge in [-0.05, 0) is 35.7 Å². The first kappa shape index (κ1) is 23.5. The molecule has 178 valence electrons. The van der Waals surface area contributed by atoms with Crippen molar-refractivity contribution >= 4 is 11.8 Å². The second kappa shape index (κ2) is 10.5. The molecule has 34 heavy (non-hydrogen) atoms. The van der Waals surface area contributed by atoms with E-state index in [0.29, 0.717) is 12.2 Å². The summed E-state index contributed by atoms with van der Waals surface area (Å²) in [7, 11) is 0. The number of carbonyl (C=O) groups excluding carboxylic acids is 2. The smallest absolute Gasteiger partial charge is 0.251 e. The third-order valence-electron chi connectivity index (χ3n) is 5.77. The van der Waals surface area contributed by atoms with Gasteiger partial charge in [0.1, 0.15) is 5.69 Å². The van der Waals surface area contributed by atoms with E-state index in [2.05, 4.69) is 32.7 Å². The number of amides is 2. The highest BCUT2D eigenvalue weighted by Gasteiger charge is 2.24. The quantitative estimate of drug-likeness (QED) is 0.343. The average molecular weight is 470 g/mol. The van der Waals surface area contributed by atoms with E-state index in [4.69, 9.17) is 5.21 Å². The van der Waals surface area contributed by atoms with Gasteiger partial charge in [0.2, 0.25) is 5.91 Å². The van der Waals surface area contributed by atoms with Gasteiger partial charge in [0.15, 0.2) is 11.6 Å². The van der Waals surface area contributed by atoms with Gasteiger partial charge in [-0.15, -0.1) is 5.10 Å². The molecule has 1 aliphatic rings. The van der Waals surface area contributed by atoms with Gasteiger partial charge in [0.25, 0.3) is 5.91 Å². The van der Waals surface area contributed by atoms with Crippen LogP contribution in [0.2, 0.25) is 0 Å². The number of nitrogens with one attached hydrogen (secondary N) is 2. The SMILES string of the molecule is O=C(C[C@@H](CN1CCc2ccccc2C1)n1cc(CNC(=O)c2ccc(F)c(F)c2)nn1)NO. The van der Waals surface area contributed by atoms with Crippen molar-refractivity contribution in [1.82, 2.24) is 30.7 Å². The summed E-state index contributed by atoms with van der Waals surface area (Å²) in [6.45, 7) is 2.07. The Morgan fingerprint density at radius 2 is 1.91 bits per heavy atom. The second-order valence-corrected chi connectivity index (χ2v) is 8.15. The molecular weight excluding hydrogens is 446 g/mol. The molecule has 0 saturated carbocycles. The van der Waals surface area contributed by atoms with Crippen LogP contribution in [0.5, 0.6) is 0 Å². The summed E-state index contributed by atoms with van der Waals surface area (Å²) in [5.74, 6) is -3.28. The molecule has 0 unspecified atom stereocenters. The number of rotatable bonds is 8. The number of hydrogen-bond acceptors (Lipinski definition) is 6. The lowest BCUT2D eigenvalue weighted by molar-refractivity contribution is -0.130. The molecule has 0 fully saturated rings. The number of halogens is 2. The summed E-state index contributed by atoms with van der Waals surface area (Å²) in [5, 5.41) is 19.7. The van der Waals surface area contributed by atoms with Gasteiger partial charge >= 0.3 is 0 Å². The molecule has 3 aromatic rings. The molecule has 0 spiro atoms. The van der Waals surface area contributed by atoms with Crippen molar-refractivity contribution < 1.29 is 23.6 Å². The van der Waals surface area contributed by atoms with Crippen molar-refractivity contribution in [3.63, 3.8) is 0 Å². The predicted octanol–water partition coefficient (Wildman–Crippen LogP) is 1.98. The molecule has 0 aliphatic carbocycles. The molecule has 4 rings (SSSR count). The van der Waals surface area contributed by atoms with Gasteiger partial charge in [0, 0.05) is 25.2 Å². The Kier molecular flexibility index (Phi) is 7.24. The lowest BCUT2D eigenvalue weighted by Gasteiger charge is -2.31. The number of benzene rings is 2. The van der Waals surface area contributed by atoms with E-state index in [0.717, 1.165) is 31.6 Å². The van der Waals surface area contributed by atoms with Crippen molar-refractivity contribution in [2.24, 2.45) is 0 Å². The Morgan fingerprint density at radius 1 is 1.12 bits per heavy atom. The van der Waals surface area contributed by atoms with Crippen molar-refractivity contribution in [3.8, 4) is 0 Å². The summed E-state index contributed by atoms with van der Waals surface area (Å²) < 4.78 is 28.0. The first-order valence-electron chi connectivity index (χ1n) is 10.8. The Morgan fingerprint density at radius 3 is 2.68 bits per heavy atom. The lowest BCUT2D eigenvalue weighted by atomic mass is 9.99. The van der Waals surface area contributed by atoms with Crippen LogP contribution in [0.15, 0.2) is 48.7 Å². The molecule has 1 aromatic heterocycles. The normalized spacial score (nSPS) is 14.3. The molecule has 2 heterocycles. The van der Waals surface area contributed by atoms with Gasteiger partial charge < -0.3 is 5.32 Å². The Bertz CT molecular complexity index is 1190. The van der Waals surface area contributed by atoms with Gasteiger partial charge in [-0.2, -0.15) is 0 Å². The summed E-state index contributed by atoms with van der Waals surface area (Å²) in [6.07, 6.45) is 2.49. The van der Waals surface area contributed by atoms with Crippen LogP contribution < -0.4 is 10.8 Å². The number of nitrogens with zero attached hydrogens (tertiary/aromatic N) is 4. The van der Waals surface area contributed by atoms with Gasteiger partial charge in [-0.25, -0.2) is 18.9 Å². The Balaban J connectivity index is 1.41. The van der Waals surface area contributed by atoms with E-state index >= 15 is 0 Å². The van der Waals surface area contributed by atoms with E-state index in [9.17, 15) is 18.4 Å². The second-order valence-electron chi connectivity index (χ2n) is 8.15. The molecule has 1 atom stereocenters. The summed E-state index contributed by atoms with van der Waals surface area (Å²) >= 11 is 0. The maximum absolute atomic E-state index is 13.4. The Labute approximate surface area is 194 Å². The zero-order chi connectivity index (χ0) is 24.1. The minimum absolute atomic E-state index is 0.00777. The molecule has 3 N–H and O–H groups in total. The lowest BCUT2D eigenvalue weighted by Crippen LogP contribution is -2.37. The monoisotopic (exact) mass is 470 g/mol. The molecule has 2 amide bonds. The zero-order valence-corrected chi connectivity index (χ0v) is 18.2. The van der Waals surface area contributed by atoms with Crippen molar-refractivity contribution in [2.75, 3.05) is 13.1 Å². The van der Waals surface area contributed by atoms with Crippen molar-refractivity contribution in [2.45, 2.75) is 32.0 Å². The fourth-order valence-corrected chi connectivity index (χ4v) is 3.99. The maximum Gasteiger partial charge on any atom is 0.251 e. The number of hydrogen-bond donors (Lipinski definition) is 3. The number of carbonyl (C=O) groups is 2. The molecule has 0 saturated heterocycles. The first-order chi connectivity index (χ1) is 16.4. The summed E-state index contributed by atoms with van der Waals surface area (Å²) in [6, 6.07) is 10.7. The molecule has 9 nitrogen and oxygen atoms in total. The zero-order valence-electron chi connectivity index (χ0n) is 18.2. The van der Waals surface area contributed by atoms with Gasteiger partial charge in [-0.3, -0.25) is 19.7 Å². The minimum Gasteiger partial charge on any atom is -0.346 e. The Hall–Kier alpha value is -3.70. The number of aromatic nitrogens is 3. The topological polar surface area (TPSA) is 112 Å². The van der Waals surface area contributed by atoms with E-state index < -0.39 is 29.5 Å². The van der Waals surface area contributed by atoms with Crippen molar-refractivity contribution in [1.29, 1.82) is 0 Å². The van der Waals surface area contributed by atoms with Crippen LogP contribution in [0, 0.1) is 11.6 Å². The number of hydroxylamine groups is 1. The van der Waals surface area contributed by atoms with Crippen molar-refractivity contribution in [3.05, 3.63) is 82.7 Å². The third-order valence-corrected chi connectivity index (χ3v) is 5.77. The predicted molar refractivity (Wildman–Crippen MR) is 117 cm³/mol. The highest BCUT2D eigenvalue weighted by atomic mass is 19.2. The summed E-state index contributed by atoms with van der Waals surface area (Å²) in [5.41, 5.74) is 4.61. The van der Waals surface area contributed by atoms with Gasteiger partial charge in [-0.1, -0.05) is 29.5 Å². The largest absolute Gasteiger partial charge is 0.346 e. The fraction of sp³-hybridized carbons (Fsp3) is 0.304. The van der Waals surface area contributed by atoms with Crippen LogP contribution >= 0.6 is 0 Å². The van der Waals surface area contributed by atoms with Crippen LogP contribution in [0.1, 0.15) is 39.6 Å². The minimum atomic E-state index is -1.11. The van der Waals surface area contributed by atoms with E-state index in [1.165, 1.54) is 21.9 Å². The molecule has 0 radical (unpaired) electrons. The summed E-state index contributed by atoms with van der Waals surface area (Å²) in [4.78, 5) is 26.3. The third kappa shape index (κ3) is 5.61. The molecule has 2 aromatic carbocycles. The first-order valence-corrected chi connectivity index (χ1v) is 10.8. The van der Waals surface area contributed by atoms with Crippen LogP contribution in [-0.4, -0.2) is 50.0 Å². The van der Waals surface area contributed by atoms with Crippen LogP contribution in [0.25, 0.3) is 0 Å². The van der Waals surface area contributed by atoms with E-state index in [-0.39, 0.29) is 18.5 Å².